The van der Waals surface area contributed by atoms with Gasteiger partial charge in [0.1, 0.15) is 11.4 Å². The molecule has 0 aliphatic heterocycles. The van der Waals surface area contributed by atoms with E-state index in [4.69, 9.17) is 0 Å². The van der Waals surface area contributed by atoms with E-state index in [9.17, 15) is 36.2 Å². The molecule has 148 valence electrons. The Balaban J connectivity index is 1.99. The lowest BCUT2D eigenvalue weighted by atomic mass is 10.1. The minimum atomic E-state index is -4.90. The van der Waals surface area contributed by atoms with Crippen molar-refractivity contribution in [3.05, 3.63) is 65.4 Å². The Morgan fingerprint density at radius 3 is 2.14 bits per heavy atom. The fourth-order valence-electron chi connectivity index (χ4n) is 2.78. The van der Waals surface area contributed by atoms with Crippen LogP contribution in [0.4, 0.5) is 26.3 Å². The monoisotopic (exact) mass is 403 g/mol. The summed E-state index contributed by atoms with van der Waals surface area (Å²) in [5.41, 5.74) is -0.379. The molecule has 1 heterocycles. The van der Waals surface area contributed by atoms with E-state index in [1.54, 1.807) is 0 Å². The van der Waals surface area contributed by atoms with Crippen LogP contribution in [0, 0.1) is 0 Å². The zero-order chi connectivity index (χ0) is 20.7. The minimum Gasteiger partial charge on any atom is -0.477 e. The molecule has 3 rings (SSSR count). The third-order valence-corrected chi connectivity index (χ3v) is 3.95. The highest BCUT2D eigenvalue weighted by atomic mass is 19.4. The van der Waals surface area contributed by atoms with Crippen LogP contribution >= 0.6 is 0 Å². The Morgan fingerprint density at radius 2 is 1.61 bits per heavy atom. The summed E-state index contributed by atoms with van der Waals surface area (Å²) in [6.07, 6.45) is -9.40. The van der Waals surface area contributed by atoms with Gasteiger partial charge in [-0.05, 0) is 42.0 Å². The van der Waals surface area contributed by atoms with Crippen molar-refractivity contribution in [3.63, 3.8) is 0 Å². The highest BCUT2D eigenvalue weighted by Crippen LogP contribution is 2.31. The van der Waals surface area contributed by atoms with Gasteiger partial charge in [-0.3, -0.25) is 0 Å². The SMILES string of the molecule is O=C(O)c1cc2cc(OC(F)(F)F)ccc2n1Cc1ccc(C(F)(F)F)cc1. The van der Waals surface area contributed by atoms with Gasteiger partial charge >= 0.3 is 18.5 Å². The number of hydrogen-bond donors (Lipinski definition) is 1. The van der Waals surface area contributed by atoms with Crippen molar-refractivity contribution >= 4 is 16.9 Å². The molecule has 0 aliphatic rings. The number of hydrogen-bond acceptors (Lipinski definition) is 2. The lowest BCUT2D eigenvalue weighted by molar-refractivity contribution is -0.274. The number of carbonyl (C=O) groups is 1. The van der Waals surface area contributed by atoms with Crippen molar-refractivity contribution in [3.8, 4) is 5.75 Å². The van der Waals surface area contributed by atoms with E-state index in [1.165, 1.54) is 28.8 Å². The van der Waals surface area contributed by atoms with E-state index >= 15 is 0 Å². The Hall–Kier alpha value is -3.17. The Kier molecular flexibility index (Phi) is 4.74. The number of aromatic carboxylic acids is 1. The first kappa shape index (κ1) is 19.6. The number of carboxylic acids is 1. The van der Waals surface area contributed by atoms with Gasteiger partial charge in [0.25, 0.3) is 0 Å². The average molecular weight is 403 g/mol. The van der Waals surface area contributed by atoms with Crippen LogP contribution in [0.5, 0.6) is 5.75 Å². The van der Waals surface area contributed by atoms with Crippen LogP contribution in [0.1, 0.15) is 21.6 Å². The summed E-state index contributed by atoms with van der Waals surface area (Å²) in [6, 6.07) is 8.66. The van der Waals surface area contributed by atoms with Gasteiger partial charge in [-0.25, -0.2) is 4.79 Å². The Morgan fingerprint density at radius 1 is 0.964 bits per heavy atom. The smallest absolute Gasteiger partial charge is 0.477 e. The van der Waals surface area contributed by atoms with E-state index in [-0.39, 0.29) is 17.6 Å². The Bertz CT molecular complexity index is 1020. The molecule has 1 aromatic heterocycles. The predicted octanol–water partition coefficient (Wildman–Crippen LogP) is 5.31. The molecule has 4 nitrogen and oxygen atoms in total. The molecule has 28 heavy (non-hydrogen) atoms. The van der Waals surface area contributed by atoms with Gasteiger partial charge in [0, 0.05) is 17.4 Å². The number of alkyl halides is 6. The van der Waals surface area contributed by atoms with Gasteiger partial charge in [-0.1, -0.05) is 12.1 Å². The second-order valence-corrected chi connectivity index (χ2v) is 5.88. The summed E-state index contributed by atoms with van der Waals surface area (Å²) in [7, 11) is 0. The molecule has 1 N–H and O–H groups in total. The summed E-state index contributed by atoms with van der Waals surface area (Å²) >= 11 is 0. The third kappa shape index (κ3) is 4.21. The van der Waals surface area contributed by atoms with Gasteiger partial charge in [0.05, 0.1) is 5.56 Å². The second kappa shape index (κ2) is 6.77. The van der Waals surface area contributed by atoms with Crippen LogP contribution in [-0.2, 0) is 12.7 Å². The summed E-state index contributed by atoms with van der Waals surface area (Å²) in [4.78, 5) is 11.5. The molecule has 0 saturated carbocycles. The number of halogens is 6. The first-order valence-corrected chi connectivity index (χ1v) is 7.72. The molecule has 0 amide bonds. The lowest BCUT2D eigenvalue weighted by Crippen LogP contribution is -2.17. The highest BCUT2D eigenvalue weighted by Gasteiger charge is 2.31. The maximum absolute atomic E-state index is 12.7. The number of carboxylic acid groups (broad SMARTS) is 1. The van der Waals surface area contributed by atoms with Crippen molar-refractivity contribution in [1.82, 2.24) is 4.57 Å². The Labute approximate surface area is 153 Å². The number of benzene rings is 2. The van der Waals surface area contributed by atoms with Gasteiger partial charge in [0.2, 0.25) is 0 Å². The largest absolute Gasteiger partial charge is 0.573 e. The summed E-state index contributed by atoms with van der Waals surface area (Å²) < 4.78 is 80.1. The molecule has 0 atom stereocenters. The molecule has 0 saturated heterocycles. The van der Waals surface area contributed by atoms with Crippen molar-refractivity contribution in [2.24, 2.45) is 0 Å². The van der Waals surface area contributed by atoms with Gasteiger partial charge in [-0.15, -0.1) is 13.2 Å². The van der Waals surface area contributed by atoms with Gasteiger partial charge in [-0.2, -0.15) is 13.2 Å². The molecule has 2 aromatic carbocycles. The van der Waals surface area contributed by atoms with E-state index in [1.807, 2.05) is 0 Å². The zero-order valence-corrected chi connectivity index (χ0v) is 13.8. The van der Waals surface area contributed by atoms with Crippen molar-refractivity contribution in [1.29, 1.82) is 0 Å². The molecule has 0 unspecified atom stereocenters. The minimum absolute atomic E-state index is 0.0806. The van der Waals surface area contributed by atoms with Crippen molar-refractivity contribution < 1.29 is 41.0 Å². The lowest BCUT2D eigenvalue weighted by Gasteiger charge is -2.12. The fraction of sp³-hybridized carbons (Fsp3) is 0.167. The zero-order valence-electron chi connectivity index (χ0n) is 13.8. The normalized spacial score (nSPS) is 12.4. The van der Waals surface area contributed by atoms with E-state index in [2.05, 4.69) is 4.74 Å². The van der Waals surface area contributed by atoms with Gasteiger partial charge < -0.3 is 14.4 Å². The summed E-state index contributed by atoms with van der Waals surface area (Å²) in [6.45, 7) is -0.0806. The van der Waals surface area contributed by atoms with Crippen LogP contribution in [0.2, 0.25) is 0 Å². The molecule has 0 bridgehead atoms. The van der Waals surface area contributed by atoms with Crippen LogP contribution in [0.25, 0.3) is 10.9 Å². The number of nitrogens with zero attached hydrogens (tertiary/aromatic N) is 1. The molecule has 10 heteroatoms. The van der Waals surface area contributed by atoms with Crippen molar-refractivity contribution in [2.75, 3.05) is 0 Å². The molecular weight excluding hydrogens is 392 g/mol. The highest BCUT2D eigenvalue weighted by molar-refractivity contribution is 5.95. The van der Waals surface area contributed by atoms with Crippen molar-refractivity contribution in [2.45, 2.75) is 19.1 Å². The molecular formula is C18H11F6NO3. The maximum atomic E-state index is 12.7. The summed E-state index contributed by atoms with van der Waals surface area (Å²) in [5.74, 6) is -1.84. The second-order valence-electron chi connectivity index (χ2n) is 5.88. The number of rotatable bonds is 4. The van der Waals surface area contributed by atoms with Crippen LogP contribution in [-0.4, -0.2) is 22.0 Å². The van der Waals surface area contributed by atoms with Gasteiger partial charge in [0.15, 0.2) is 0 Å². The third-order valence-electron chi connectivity index (χ3n) is 3.95. The van der Waals surface area contributed by atoms with Crippen LogP contribution in [0.15, 0.2) is 48.5 Å². The predicted molar refractivity (Wildman–Crippen MR) is 86.1 cm³/mol. The van der Waals surface area contributed by atoms with E-state index < -0.39 is 29.8 Å². The first-order chi connectivity index (χ1) is 12.9. The maximum Gasteiger partial charge on any atom is 0.573 e. The number of aromatic nitrogens is 1. The first-order valence-electron chi connectivity index (χ1n) is 7.72. The molecule has 0 aliphatic carbocycles. The fourth-order valence-corrected chi connectivity index (χ4v) is 2.78. The molecule has 0 radical (unpaired) electrons. The number of fused-ring (bicyclic) bond motifs is 1. The quantitative estimate of drug-likeness (QED) is 0.601. The number of ether oxygens (including phenoxy) is 1. The molecule has 0 spiro atoms. The van der Waals surface area contributed by atoms with E-state index in [0.29, 0.717) is 11.1 Å². The summed E-state index contributed by atoms with van der Waals surface area (Å²) in [5, 5.41) is 9.56. The average Bonchev–Trinajstić information content (AvgIpc) is 2.91. The topological polar surface area (TPSA) is 51.5 Å². The van der Waals surface area contributed by atoms with E-state index in [0.717, 1.165) is 24.3 Å². The molecule has 0 fully saturated rings. The van der Waals surface area contributed by atoms with Crippen LogP contribution < -0.4 is 4.74 Å². The van der Waals surface area contributed by atoms with Crippen LogP contribution in [0.3, 0.4) is 0 Å². The standard InChI is InChI=1S/C18H11F6NO3/c19-17(20,21)12-3-1-10(2-4-12)9-25-14-6-5-13(28-18(22,23)24)7-11(14)8-15(25)16(26)27/h1-8H,9H2,(H,26,27). The molecule has 3 aromatic rings.